The Morgan fingerprint density at radius 2 is 1.56 bits per heavy atom. The summed E-state index contributed by atoms with van der Waals surface area (Å²) in [5.74, 6) is 0.170. The summed E-state index contributed by atoms with van der Waals surface area (Å²) in [6, 6.07) is 19.9. The highest BCUT2D eigenvalue weighted by Gasteiger charge is 2.23. The Kier molecular flexibility index (Phi) is 7.82. The molecule has 2 saturated heterocycles. The van der Waals surface area contributed by atoms with Gasteiger partial charge >= 0.3 is 0 Å². The first-order valence-electron chi connectivity index (χ1n) is 12.1. The molecule has 4 rings (SSSR count). The molecule has 1 N–H and O–H groups in total. The summed E-state index contributed by atoms with van der Waals surface area (Å²) >= 11 is 0. The van der Waals surface area contributed by atoms with Crippen molar-refractivity contribution in [2.75, 3.05) is 44.7 Å². The SMILES string of the molecule is CN(CCc1ccccc1)C1CCN(c2ccc(CC(=O)N3CCC(O)CC3)cc2)CC1. The molecule has 0 spiro atoms. The van der Waals surface area contributed by atoms with Gasteiger partial charge in [0.25, 0.3) is 0 Å². The molecule has 0 saturated carbocycles. The predicted octanol–water partition coefficient (Wildman–Crippen LogP) is 3.36. The van der Waals surface area contributed by atoms with Crippen LogP contribution in [0.1, 0.15) is 36.8 Å². The molecule has 0 aliphatic carbocycles. The first-order valence-corrected chi connectivity index (χ1v) is 12.1. The van der Waals surface area contributed by atoms with E-state index in [4.69, 9.17) is 0 Å². The molecule has 2 heterocycles. The van der Waals surface area contributed by atoms with Crippen molar-refractivity contribution in [3.8, 4) is 0 Å². The van der Waals surface area contributed by atoms with E-state index in [1.165, 1.54) is 24.1 Å². The fourth-order valence-corrected chi connectivity index (χ4v) is 4.92. The van der Waals surface area contributed by atoms with Gasteiger partial charge < -0.3 is 19.8 Å². The molecule has 172 valence electrons. The monoisotopic (exact) mass is 435 g/mol. The minimum absolute atomic E-state index is 0.170. The maximum atomic E-state index is 12.5. The molecular formula is C27H37N3O2. The van der Waals surface area contributed by atoms with Crippen LogP contribution in [0.25, 0.3) is 0 Å². The summed E-state index contributed by atoms with van der Waals surface area (Å²) in [5.41, 5.74) is 3.74. The van der Waals surface area contributed by atoms with Gasteiger partial charge in [-0.1, -0.05) is 42.5 Å². The van der Waals surface area contributed by atoms with Crippen LogP contribution >= 0.6 is 0 Å². The van der Waals surface area contributed by atoms with E-state index in [1.54, 1.807) is 0 Å². The molecule has 2 aliphatic rings. The highest BCUT2D eigenvalue weighted by atomic mass is 16.3. The van der Waals surface area contributed by atoms with Crippen LogP contribution < -0.4 is 4.90 Å². The minimum atomic E-state index is -0.244. The van der Waals surface area contributed by atoms with Crippen LogP contribution in [0.3, 0.4) is 0 Å². The van der Waals surface area contributed by atoms with E-state index in [1.807, 2.05) is 4.90 Å². The van der Waals surface area contributed by atoms with E-state index in [2.05, 4.69) is 71.4 Å². The van der Waals surface area contributed by atoms with Crippen molar-refractivity contribution in [1.82, 2.24) is 9.80 Å². The molecule has 0 radical (unpaired) electrons. The van der Waals surface area contributed by atoms with E-state index in [9.17, 15) is 9.90 Å². The number of rotatable bonds is 7. The molecule has 2 aliphatic heterocycles. The van der Waals surface area contributed by atoms with Gasteiger partial charge in [-0.25, -0.2) is 0 Å². The number of carbonyl (C=O) groups is 1. The van der Waals surface area contributed by atoms with Crippen LogP contribution in [0, 0.1) is 0 Å². The Bertz CT molecular complexity index is 839. The molecule has 2 aromatic carbocycles. The van der Waals surface area contributed by atoms with Crippen molar-refractivity contribution in [2.24, 2.45) is 0 Å². The van der Waals surface area contributed by atoms with Crippen LogP contribution in [0.5, 0.6) is 0 Å². The standard InChI is InChI=1S/C27H37N3O2/c1-28(16-11-22-5-3-2-4-6-22)24-12-17-29(18-13-24)25-9-7-23(8-10-25)21-27(32)30-19-14-26(31)15-20-30/h2-10,24,26,31H,11-21H2,1H3. The third kappa shape index (κ3) is 6.11. The van der Waals surface area contributed by atoms with Crippen molar-refractivity contribution >= 4 is 11.6 Å². The number of hydrogen-bond donors (Lipinski definition) is 1. The lowest BCUT2D eigenvalue weighted by Crippen LogP contribution is -2.44. The van der Waals surface area contributed by atoms with E-state index in [-0.39, 0.29) is 12.0 Å². The molecule has 2 fully saturated rings. The average molecular weight is 436 g/mol. The quantitative estimate of drug-likeness (QED) is 0.725. The summed E-state index contributed by atoms with van der Waals surface area (Å²) in [6.07, 6.45) is 5.08. The second-order valence-electron chi connectivity index (χ2n) is 9.39. The Hall–Kier alpha value is -2.37. The number of carbonyl (C=O) groups excluding carboxylic acids is 1. The Morgan fingerprint density at radius 1 is 0.906 bits per heavy atom. The Balaban J connectivity index is 1.22. The molecule has 32 heavy (non-hydrogen) atoms. The normalized spacial score (nSPS) is 18.3. The van der Waals surface area contributed by atoms with Crippen LogP contribution in [-0.4, -0.2) is 72.7 Å². The van der Waals surface area contributed by atoms with Gasteiger partial charge in [-0.3, -0.25) is 4.79 Å². The first-order chi connectivity index (χ1) is 15.6. The van der Waals surface area contributed by atoms with E-state index >= 15 is 0 Å². The van der Waals surface area contributed by atoms with Gasteiger partial charge in [-0.15, -0.1) is 0 Å². The topological polar surface area (TPSA) is 47.0 Å². The van der Waals surface area contributed by atoms with Crippen molar-refractivity contribution in [1.29, 1.82) is 0 Å². The molecule has 5 heteroatoms. The van der Waals surface area contributed by atoms with E-state index in [0.717, 1.165) is 31.6 Å². The van der Waals surface area contributed by atoms with Gasteiger partial charge in [0.1, 0.15) is 0 Å². The molecule has 0 bridgehead atoms. The lowest BCUT2D eigenvalue weighted by Gasteiger charge is -2.38. The second kappa shape index (κ2) is 11.0. The maximum Gasteiger partial charge on any atom is 0.226 e. The molecular weight excluding hydrogens is 398 g/mol. The van der Waals surface area contributed by atoms with Crippen molar-refractivity contribution in [2.45, 2.75) is 50.7 Å². The number of likely N-dealkylation sites (N-methyl/N-ethyl adjacent to an activating group) is 1. The zero-order valence-corrected chi connectivity index (χ0v) is 19.3. The summed E-state index contributed by atoms with van der Waals surface area (Å²) in [5, 5.41) is 9.63. The molecule has 2 aromatic rings. The molecule has 0 unspecified atom stereocenters. The first kappa shape index (κ1) is 22.8. The highest BCUT2D eigenvalue weighted by Crippen LogP contribution is 2.23. The summed E-state index contributed by atoms with van der Waals surface area (Å²) in [6.45, 7) is 4.61. The molecule has 5 nitrogen and oxygen atoms in total. The second-order valence-corrected chi connectivity index (χ2v) is 9.39. The zero-order chi connectivity index (χ0) is 22.3. The average Bonchev–Trinajstić information content (AvgIpc) is 2.84. The van der Waals surface area contributed by atoms with Crippen LogP contribution in [0.2, 0.25) is 0 Å². The number of aliphatic hydroxyl groups is 1. The summed E-state index contributed by atoms with van der Waals surface area (Å²) in [4.78, 5) is 19.4. The highest BCUT2D eigenvalue weighted by molar-refractivity contribution is 5.79. The molecule has 1 amide bonds. The number of piperidine rings is 2. The predicted molar refractivity (Wildman–Crippen MR) is 130 cm³/mol. The van der Waals surface area contributed by atoms with E-state index in [0.29, 0.717) is 38.4 Å². The van der Waals surface area contributed by atoms with Gasteiger partial charge in [0.15, 0.2) is 0 Å². The largest absolute Gasteiger partial charge is 0.393 e. The zero-order valence-electron chi connectivity index (χ0n) is 19.3. The van der Waals surface area contributed by atoms with Gasteiger partial charge in [-0.05, 0) is 62.4 Å². The van der Waals surface area contributed by atoms with Gasteiger partial charge in [0.05, 0.1) is 12.5 Å². The third-order valence-corrected chi connectivity index (χ3v) is 7.16. The van der Waals surface area contributed by atoms with Gasteiger partial charge in [0, 0.05) is 44.5 Å². The number of anilines is 1. The smallest absolute Gasteiger partial charge is 0.226 e. The fraction of sp³-hybridized carbons (Fsp3) is 0.519. The fourth-order valence-electron chi connectivity index (χ4n) is 4.92. The Labute approximate surface area is 192 Å². The van der Waals surface area contributed by atoms with Crippen molar-refractivity contribution in [3.05, 3.63) is 65.7 Å². The number of nitrogens with zero attached hydrogens (tertiary/aromatic N) is 3. The Morgan fingerprint density at radius 3 is 2.22 bits per heavy atom. The lowest BCUT2D eigenvalue weighted by atomic mass is 10.0. The maximum absolute atomic E-state index is 12.5. The lowest BCUT2D eigenvalue weighted by molar-refractivity contribution is -0.132. The number of aliphatic hydroxyl groups excluding tert-OH is 1. The van der Waals surface area contributed by atoms with Gasteiger partial charge in [-0.2, -0.15) is 0 Å². The summed E-state index contributed by atoms with van der Waals surface area (Å²) in [7, 11) is 2.26. The number of hydrogen-bond acceptors (Lipinski definition) is 4. The van der Waals surface area contributed by atoms with E-state index < -0.39 is 0 Å². The van der Waals surface area contributed by atoms with Crippen LogP contribution in [-0.2, 0) is 17.6 Å². The van der Waals surface area contributed by atoms with Crippen molar-refractivity contribution in [3.63, 3.8) is 0 Å². The van der Waals surface area contributed by atoms with Crippen molar-refractivity contribution < 1.29 is 9.90 Å². The molecule has 0 aromatic heterocycles. The van der Waals surface area contributed by atoms with Crippen LogP contribution in [0.15, 0.2) is 54.6 Å². The number of amides is 1. The third-order valence-electron chi connectivity index (χ3n) is 7.16. The minimum Gasteiger partial charge on any atom is -0.393 e. The van der Waals surface area contributed by atoms with Gasteiger partial charge in [0.2, 0.25) is 5.91 Å². The van der Waals surface area contributed by atoms with Crippen LogP contribution in [0.4, 0.5) is 5.69 Å². The number of likely N-dealkylation sites (tertiary alicyclic amines) is 1. The summed E-state index contributed by atoms with van der Waals surface area (Å²) < 4.78 is 0. The number of benzene rings is 2. The molecule has 0 atom stereocenters.